The summed E-state index contributed by atoms with van der Waals surface area (Å²) in [5.41, 5.74) is 1.87. The molecule has 184 valence electrons. The second-order valence-corrected chi connectivity index (χ2v) is 8.50. The van der Waals surface area contributed by atoms with Gasteiger partial charge in [0.2, 0.25) is 0 Å². The van der Waals surface area contributed by atoms with Gasteiger partial charge in [0.15, 0.2) is 0 Å². The molecule has 0 spiro atoms. The molecule has 2 heterocycles. The molecule has 7 heteroatoms. The number of pyridine rings is 1. The van der Waals surface area contributed by atoms with E-state index < -0.39 is 17.7 Å². The molecule has 37 heavy (non-hydrogen) atoms. The van der Waals surface area contributed by atoms with E-state index >= 15 is 0 Å². The van der Waals surface area contributed by atoms with Crippen LogP contribution in [-0.4, -0.2) is 33.8 Å². The Morgan fingerprint density at radius 1 is 0.865 bits per heavy atom. The average Bonchev–Trinajstić information content (AvgIpc) is 3.19. The number of amides is 1. The summed E-state index contributed by atoms with van der Waals surface area (Å²) in [6, 6.07) is 25.9. The van der Waals surface area contributed by atoms with Crippen molar-refractivity contribution in [2.24, 2.45) is 0 Å². The fraction of sp³-hybridized carbons (Fsp3) is 0.100. The first kappa shape index (κ1) is 23.8. The molecule has 0 saturated carbocycles. The van der Waals surface area contributed by atoms with E-state index in [9.17, 15) is 14.7 Å². The number of methoxy groups -OCH3 is 1. The monoisotopic (exact) mass is 492 g/mol. The van der Waals surface area contributed by atoms with Crippen LogP contribution in [0.1, 0.15) is 22.7 Å². The van der Waals surface area contributed by atoms with Gasteiger partial charge in [-0.3, -0.25) is 14.6 Å². The van der Waals surface area contributed by atoms with Crippen LogP contribution in [0.15, 0.2) is 109 Å². The van der Waals surface area contributed by atoms with Crippen molar-refractivity contribution < 1.29 is 24.2 Å². The van der Waals surface area contributed by atoms with Crippen molar-refractivity contribution in [3.8, 4) is 17.2 Å². The third kappa shape index (κ3) is 4.92. The molecule has 1 N–H and O–H groups in total. The lowest BCUT2D eigenvalue weighted by Crippen LogP contribution is -2.29. The smallest absolute Gasteiger partial charge is 0.295 e. The van der Waals surface area contributed by atoms with Gasteiger partial charge in [0.1, 0.15) is 23.0 Å². The minimum atomic E-state index is -0.824. The highest BCUT2D eigenvalue weighted by atomic mass is 16.5. The molecule has 1 amide bonds. The third-order valence-corrected chi connectivity index (χ3v) is 6.16. The number of hydrogen-bond acceptors (Lipinski definition) is 6. The highest BCUT2D eigenvalue weighted by molar-refractivity contribution is 6.46. The van der Waals surface area contributed by atoms with E-state index in [1.807, 2.05) is 36.4 Å². The molecule has 7 nitrogen and oxygen atoms in total. The van der Waals surface area contributed by atoms with E-state index in [-0.39, 0.29) is 17.9 Å². The Kier molecular flexibility index (Phi) is 6.68. The quantitative estimate of drug-likeness (QED) is 0.208. The molecule has 1 aromatic heterocycles. The molecule has 3 aromatic carbocycles. The van der Waals surface area contributed by atoms with Crippen molar-refractivity contribution in [1.29, 1.82) is 0 Å². The summed E-state index contributed by atoms with van der Waals surface area (Å²) in [6.45, 7) is 0.168. The van der Waals surface area contributed by atoms with Gasteiger partial charge in [-0.05, 0) is 71.8 Å². The summed E-state index contributed by atoms with van der Waals surface area (Å²) in [7, 11) is 1.55. The Bertz CT molecular complexity index is 1450. The van der Waals surface area contributed by atoms with Crippen LogP contribution in [0.3, 0.4) is 0 Å². The molecule has 5 rings (SSSR count). The topological polar surface area (TPSA) is 89.0 Å². The number of Topliss-reactive ketones (excluding diaryl/α,β-unsaturated/α-hetero) is 1. The van der Waals surface area contributed by atoms with E-state index in [0.717, 1.165) is 5.56 Å². The first-order chi connectivity index (χ1) is 18.0. The Balaban J connectivity index is 1.60. The number of carbonyl (C=O) groups is 2. The minimum Gasteiger partial charge on any atom is -0.507 e. The number of hydrogen-bond donors (Lipinski definition) is 1. The van der Waals surface area contributed by atoms with Gasteiger partial charge in [0.25, 0.3) is 11.7 Å². The number of aliphatic hydroxyl groups excluding tert-OH is 1. The molecule has 0 aliphatic carbocycles. The van der Waals surface area contributed by atoms with Gasteiger partial charge in [-0.25, -0.2) is 0 Å². The molecule has 1 saturated heterocycles. The first-order valence-corrected chi connectivity index (χ1v) is 11.7. The van der Waals surface area contributed by atoms with Crippen LogP contribution in [-0.2, 0) is 16.1 Å². The number of para-hydroxylation sites is 1. The van der Waals surface area contributed by atoms with Crippen molar-refractivity contribution in [3.05, 3.63) is 126 Å². The number of carbonyl (C=O) groups excluding carboxylic acids is 2. The number of nitrogens with zero attached hydrogens (tertiary/aromatic N) is 2. The number of benzene rings is 3. The summed E-state index contributed by atoms with van der Waals surface area (Å²) in [5.74, 6) is 0.119. The number of likely N-dealkylation sites (tertiary alicyclic amines) is 1. The number of aromatic nitrogens is 1. The second kappa shape index (κ2) is 10.4. The molecular formula is C30H24N2O5. The molecule has 1 aliphatic rings. The highest BCUT2D eigenvalue weighted by Gasteiger charge is 2.46. The van der Waals surface area contributed by atoms with E-state index in [1.54, 1.807) is 74.1 Å². The second-order valence-electron chi connectivity index (χ2n) is 8.50. The van der Waals surface area contributed by atoms with Crippen molar-refractivity contribution >= 4 is 17.4 Å². The minimum absolute atomic E-state index is 0.0149. The summed E-state index contributed by atoms with van der Waals surface area (Å²) in [5, 5.41) is 11.3. The van der Waals surface area contributed by atoms with Crippen LogP contribution in [0.2, 0.25) is 0 Å². The molecule has 0 bridgehead atoms. The predicted octanol–water partition coefficient (Wildman–Crippen LogP) is 5.50. The largest absolute Gasteiger partial charge is 0.507 e. The maximum Gasteiger partial charge on any atom is 0.295 e. The Morgan fingerprint density at radius 2 is 1.57 bits per heavy atom. The van der Waals surface area contributed by atoms with Gasteiger partial charge in [0, 0.05) is 24.5 Å². The molecule has 1 atom stereocenters. The fourth-order valence-corrected chi connectivity index (χ4v) is 4.35. The van der Waals surface area contributed by atoms with Crippen LogP contribution < -0.4 is 9.47 Å². The van der Waals surface area contributed by atoms with Crippen LogP contribution in [0.5, 0.6) is 17.2 Å². The van der Waals surface area contributed by atoms with Gasteiger partial charge < -0.3 is 19.5 Å². The molecule has 0 radical (unpaired) electrons. The fourth-order valence-electron chi connectivity index (χ4n) is 4.35. The molecule has 4 aromatic rings. The number of aliphatic hydroxyl groups is 1. The van der Waals surface area contributed by atoms with Crippen molar-refractivity contribution in [1.82, 2.24) is 9.88 Å². The molecule has 1 fully saturated rings. The van der Waals surface area contributed by atoms with Gasteiger partial charge in [-0.1, -0.05) is 30.3 Å². The molecule has 1 aliphatic heterocycles. The average molecular weight is 493 g/mol. The zero-order chi connectivity index (χ0) is 25.8. The van der Waals surface area contributed by atoms with Gasteiger partial charge >= 0.3 is 0 Å². The zero-order valence-electron chi connectivity index (χ0n) is 20.1. The SMILES string of the molecule is COc1ccc(C(O)=C2C(=O)C(=O)N(Cc3ccncc3)C2c2cccc(Oc3ccccc3)c2)cc1. The standard InChI is InChI=1S/C30H24N2O5/c1-36-23-12-10-21(11-13-23)28(33)26-27(32(30(35)29(26)34)19-20-14-16-31-17-15-20)22-6-5-9-25(18-22)37-24-7-3-2-4-8-24/h2-18,27,33H,19H2,1H3. The zero-order valence-corrected chi connectivity index (χ0v) is 20.1. The first-order valence-electron chi connectivity index (χ1n) is 11.7. The summed E-state index contributed by atoms with van der Waals surface area (Å²) in [6.07, 6.45) is 3.26. The van der Waals surface area contributed by atoms with Gasteiger partial charge in [0.05, 0.1) is 18.7 Å². The van der Waals surface area contributed by atoms with Crippen LogP contribution in [0, 0.1) is 0 Å². The van der Waals surface area contributed by atoms with Crippen LogP contribution in [0.4, 0.5) is 0 Å². The number of ketones is 1. The lowest BCUT2D eigenvalue weighted by molar-refractivity contribution is -0.140. The van der Waals surface area contributed by atoms with Gasteiger partial charge in [-0.15, -0.1) is 0 Å². The van der Waals surface area contributed by atoms with E-state index in [2.05, 4.69) is 4.98 Å². The van der Waals surface area contributed by atoms with Crippen LogP contribution >= 0.6 is 0 Å². The predicted molar refractivity (Wildman–Crippen MR) is 138 cm³/mol. The van der Waals surface area contributed by atoms with E-state index in [0.29, 0.717) is 28.4 Å². The van der Waals surface area contributed by atoms with E-state index in [1.165, 1.54) is 4.90 Å². The highest BCUT2D eigenvalue weighted by Crippen LogP contribution is 2.41. The van der Waals surface area contributed by atoms with Crippen LogP contribution in [0.25, 0.3) is 5.76 Å². The Labute approximate surface area is 214 Å². The number of rotatable bonds is 7. The normalized spacial score (nSPS) is 16.6. The van der Waals surface area contributed by atoms with Gasteiger partial charge in [-0.2, -0.15) is 0 Å². The Hall–Kier alpha value is -4.91. The van der Waals surface area contributed by atoms with E-state index in [4.69, 9.17) is 9.47 Å². The molecular weight excluding hydrogens is 468 g/mol. The maximum atomic E-state index is 13.3. The van der Waals surface area contributed by atoms with Crippen molar-refractivity contribution in [3.63, 3.8) is 0 Å². The van der Waals surface area contributed by atoms with Crippen molar-refractivity contribution in [2.75, 3.05) is 7.11 Å². The van der Waals surface area contributed by atoms with Crippen molar-refractivity contribution in [2.45, 2.75) is 12.6 Å². The lowest BCUT2D eigenvalue weighted by Gasteiger charge is -2.25. The number of ether oxygens (including phenoxy) is 2. The Morgan fingerprint density at radius 3 is 2.27 bits per heavy atom. The summed E-state index contributed by atoms with van der Waals surface area (Å²) >= 11 is 0. The summed E-state index contributed by atoms with van der Waals surface area (Å²) < 4.78 is 11.2. The maximum absolute atomic E-state index is 13.3. The lowest BCUT2D eigenvalue weighted by atomic mass is 9.95. The summed E-state index contributed by atoms with van der Waals surface area (Å²) in [4.78, 5) is 32.1. The molecule has 1 unspecified atom stereocenters. The third-order valence-electron chi connectivity index (χ3n) is 6.16.